The van der Waals surface area contributed by atoms with Crippen molar-refractivity contribution in [1.29, 1.82) is 0 Å². The Hall–Kier alpha value is -2.03. The van der Waals surface area contributed by atoms with E-state index in [-0.39, 0.29) is 22.7 Å². The Morgan fingerprint density at radius 2 is 1.86 bits per heavy atom. The number of carbonyl (C=O) groups excluding carboxylic acids is 2. The maximum atomic E-state index is 13.0. The van der Waals surface area contributed by atoms with Crippen molar-refractivity contribution in [2.24, 2.45) is 5.92 Å². The lowest BCUT2D eigenvalue weighted by Gasteiger charge is -2.39. The number of methoxy groups -OCH3 is 1. The van der Waals surface area contributed by atoms with Crippen LogP contribution >= 0.6 is 11.6 Å². The fourth-order valence-electron chi connectivity index (χ4n) is 3.97. The topological polar surface area (TPSA) is 62.7 Å². The van der Waals surface area contributed by atoms with Crippen LogP contribution in [0.1, 0.15) is 37.7 Å². The molecule has 1 aromatic rings. The third-order valence-electron chi connectivity index (χ3n) is 5.55. The minimum absolute atomic E-state index is 0.0635. The van der Waals surface area contributed by atoms with Crippen molar-refractivity contribution in [3.63, 3.8) is 0 Å². The van der Waals surface area contributed by atoms with E-state index in [1.165, 1.54) is 7.11 Å². The fraction of sp³-hybridized carbons (Fsp3) is 0.632. The predicted octanol–water partition coefficient (Wildman–Crippen LogP) is 3.52. The average Bonchev–Trinajstić information content (AvgIpc) is 2.72. The van der Waals surface area contributed by atoms with E-state index in [1.54, 1.807) is 9.80 Å². The van der Waals surface area contributed by atoms with Crippen molar-refractivity contribution in [3.05, 3.63) is 22.8 Å². The van der Waals surface area contributed by atoms with Crippen molar-refractivity contribution in [3.8, 4) is 0 Å². The second kappa shape index (κ2) is 8.77. The first-order valence-corrected chi connectivity index (χ1v) is 9.96. The molecule has 2 aliphatic rings. The number of aromatic nitrogens is 1. The summed E-state index contributed by atoms with van der Waals surface area (Å²) in [4.78, 5) is 32.3. The third kappa shape index (κ3) is 4.76. The van der Waals surface area contributed by atoms with Gasteiger partial charge in [0.1, 0.15) is 11.9 Å². The number of rotatable bonds is 3. The van der Waals surface area contributed by atoms with E-state index in [2.05, 4.69) is 4.98 Å². The standard InChI is InChI=1S/C19H23ClF3N3O3/c1-29-18(28)15-4-2-3-7-26(15)17(27)12-5-8-25(9-6-12)16-14(20)10-13(11-24-16)19(21,22)23/h10-12,15H,2-9H2,1H3. The molecule has 160 valence electrons. The van der Waals surface area contributed by atoms with E-state index in [0.29, 0.717) is 38.9 Å². The minimum Gasteiger partial charge on any atom is -0.467 e. The van der Waals surface area contributed by atoms with Crippen LogP contribution in [0.4, 0.5) is 19.0 Å². The van der Waals surface area contributed by atoms with Gasteiger partial charge in [-0.3, -0.25) is 4.79 Å². The monoisotopic (exact) mass is 433 g/mol. The molecule has 2 saturated heterocycles. The molecule has 29 heavy (non-hydrogen) atoms. The van der Waals surface area contributed by atoms with Gasteiger partial charge in [-0.15, -0.1) is 0 Å². The maximum Gasteiger partial charge on any atom is 0.417 e. The number of hydrogen-bond acceptors (Lipinski definition) is 5. The molecule has 1 unspecified atom stereocenters. The summed E-state index contributed by atoms with van der Waals surface area (Å²) >= 11 is 6.03. The smallest absolute Gasteiger partial charge is 0.417 e. The minimum atomic E-state index is -4.50. The fourth-order valence-corrected chi connectivity index (χ4v) is 4.25. The largest absolute Gasteiger partial charge is 0.467 e. The van der Waals surface area contributed by atoms with E-state index in [4.69, 9.17) is 16.3 Å². The van der Waals surface area contributed by atoms with E-state index >= 15 is 0 Å². The van der Waals surface area contributed by atoms with Gasteiger partial charge in [0, 0.05) is 31.7 Å². The van der Waals surface area contributed by atoms with Gasteiger partial charge in [0.15, 0.2) is 0 Å². The van der Waals surface area contributed by atoms with Crippen LogP contribution < -0.4 is 4.90 Å². The summed E-state index contributed by atoms with van der Waals surface area (Å²) in [5.74, 6) is -0.414. The summed E-state index contributed by atoms with van der Waals surface area (Å²) in [5.41, 5.74) is -0.893. The second-order valence-corrected chi connectivity index (χ2v) is 7.76. The number of carbonyl (C=O) groups is 2. The zero-order valence-electron chi connectivity index (χ0n) is 16.0. The van der Waals surface area contributed by atoms with Crippen LogP contribution in [-0.2, 0) is 20.5 Å². The molecule has 6 nitrogen and oxygen atoms in total. The molecular weight excluding hydrogens is 411 g/mol. The first kappa shape index (κ1) is 21.7. The molecule has 0 saturated carbocycles. The molecule has 3 rings (SSSR count). The first-order chi connectivity index (χ1) is 13.7. The lowest BCUT2D eigenvalue weighted by molar-refractivity contribution is -0.156. The van der Waals surface area contributed by atoms with Crippen LogP contribution in [0.2, 0.25) is 5.02 Å². The van der Waals surface area contributed by atoms with Gasteiger partial charge in [-0.1, -0.05) is 11.6 Å². The summed E-state index contributed by atoms with van der Waals surface area (Å²) < 4.78 is 43.2. The summed E-state index contributed by atoms with van der Waals surface area (Å²) in [7, 11) is 1.32. The Bertz CT molecular complexity index is 767. The van der Waals surface area contributed by atoms with Crippen LogP contribution in [0.15, 0.2) is 12.3 Å². The Morgan fingerprint density at radius 1 is 1.17 bits per heavy atom. The molecule has 3 heterocycles. The molecule has 2 aliphatic heterocycles. The van der Waals surface area contributed by atoms with Gasteiger partial charge in [-0.25, -0.2) is 9.78 Å². The predicted molar refractivity (Wildman–Crippen MR) is 101 cm³/mol. The molecule has 1 atom stereocenters. The molecule has 2 fully saturated rings. The number of alkyl halides is 3. The number of amides is 1. The number of ether oxygens (including phenoxy) is 1. The van der Waals surface area contributed by atoms with Crippen molar-refractivity contribution in [2.75, 3.05) is 31.6 Å². The van der Waals surface area contributed by atoms with Gasteiger partial charge in [0.2, 0.25) is 5.91 Å². The number of esters is 1. The van der Waals surface area contributed by atoms with Crippen LogP contribution in [0.25, 0.3) is 0 Å². The van der Waals surface area contributed by atoms with Crippen LogP contribution in [0, 0.1) is 5.92 Å². The molecular formula is C19H23ClF3N3O3. The van der Waals surface area contributed by atoms with Crippen LogP contribution in [0.5, 0.6) is 0 Å². The van der Waals surface area contributed by atoms with Crippen molar-refractivity contribution < 1.29 is 27.5 Å². The molecule has 0 bridgehead atoms. The highest BCUT2D eigenvalue weighted by Crippen LogP contribution is 2.35. The van der Waals surface area contributed by atoms with Gasteiger partial charge in [0.25, 0.3) is 0 Å². The average molecular weight is 434 g/mol. The number of halogens is 4. The van der Waals surface area contributed by atoms with E-state index < -0.39 is 23.8 Å². The first-order valence-electron chi connectivity index (χ1n) is 9.58. The van der Waals surface area contributed by atoms with Crippen molar-refractivity contribution in [2.45, 2.75) is 44.3 Å². The number of piperidine rings is 2. The quantitative estimate of drug-likeness (QED) is 0.682. The zero-order chi connectivity index (χ0) is 21.2. The number of anilines is 1. The van der Waals surface area contributed by atoms with Crippen LogP contribution in [0.3, 0.4) is 0 Å². The van der Waals surface area contributed by atoms with Crippen molar-refractivity contribution in [1.82, 2.24) is 9.88 Å². The van der Waals surface area contributed by atoms with E-state index in [9.17, 15) is 22.8 Å². The summed E-state index contributed by atoms with van der Waals surface area (Å²) in [6.07, 6.45) is -0.373. The van der Waals surface area contributed by atoms with Crippen LogP contribution in [-0.4, -0.2) is 54.5 Å². The van der Waals surface area contributed by atoms with Gasteiger partial charge >= 0.3 is 12.1 Å². The highest BCUT2D eigenvalue weighted by atomic mass is 35.5. The summed E-state index contributed by atoms with van der Waals surface area (Å²) in [5, 5.41) is -0.0635. The molecule has 1 amide bonds. The molecule has 0 radical (unpaired) electrons. The number of likely N-dealkylation sites (tertiary alicyclic amines) is 1. The highest BCUT2D eigenvalue weighted by Gasteiger charge is 2.38. The third-order valence-corrected chi connectivity index (χ3v) is 5.83. The molecule has 10 heteroatoms. The van der Waals surface area contributed by atoms with E-state index in [1.807, 2.05) is 0 Å². The van der Waals surface area contributed by atoms with Gasteiger partial charge in [0.05, 0.1) is 17.7 Å². The van der Waals surface area contributed by atoms with Gasteiger partial charge in [-0.2, -0.15) is 13.2 Å². The molecule has 1 aromatic heterocycles. The number of pyridine rings is 1. The lowest BCUT2D eigenvalue weighted by atomic mass is 9.92. The van der Waals surface area contributed by atoms with Gasteiger partial charge in [-0.05, 0) is 38.2 Å². The summed E-state index contributed by atoms with van der Waals surface area (Å²) in [6, 6.07) is 0.334. The molecule has 0 aliphatic carbocycles. The number of nitrogens with zero attached hydrogens (tertiary/aromatic N) is 3. The summed E-state index contributed by atoms with van der Waals surface area (Å²) in [6.45, 7) is 1.43. The Morgan fingerprint density at radius 3 is 2.45 bits per heavy atom. The Balaban J connectivity index is 1.64. The lowest BCUT2D eigenvalue weighted by Crippen LogP contribution is -2.52. The molecule has 0 N–H and O–H groups in total. The number of hydrogen-bond donors (Lipinski definition) is 0. The Kier molecular flexibility index (Phi) is 6.55. The van der Waals surface area contributed by atoms with Gasteiger partial charge < -0.3 is 14.5 Å². The normalized spacial score (nSPS) is 21.2. The SMILES string of the molecule is COC(=O)C1CCCCN1C(=O)C1CCN(c2ncc(C(F)(F)F)cc2Cl)CC1. The molecule has 0 spiro atoms. The highest BCUT2D eigenvalue weighted by molar-refractivity contribution is 6.33. The van der Waals surface area contributed by atoms with E-state index in [0.717, 1.165) is 25.1 Å². The maximum absolute atomic E-state index is 13.0. The molecule has 0 aromatic carbocycles. The zero-order valence-corrected chi connectivity index (χ0v) is 16.8. The second-order valence-electron chi connectivity index (χ2n) is 7.35. The van der Waals surface area contributed by atoms with Crippen molar-refractivity contribution >= 4 is 29.3 Å². The Labute approximate surface area is 172 Å².